The lowest BCUT2D eigenvalue weighted by molar-refractivity contribution is -0.149. The quantitative estimate of drug-likeness (QED) is 0.621. The van der Waals surface area contributed by atoms with E-state index >= 15 is 0 Å². The molecule has 1 aliphatic rings. The standard InChI is InChI=1S/C9H15NO4/c11-8(9(12)13)2-1-3-10-4-6-14-7-5-10/h1-7H2,(H,12,13). The minimum atomic E-state index is -1.33. The van der Waals surface area contributed by atoms with Crippen molar-refractivity contribution in [3.63, 3.8) is 0 Å². The normalized spacial score (nSPS) is 18.0. The van der Waals surface area contributed by atoms with E-state index in [4.69, 9.17) is 9.84 Å². The van der Waals surface area contributed by atoms with Crippen molar-refractivity contribution in [2.75, 3.05) is 32.8 Å². The molecule has 0 aromatic heterocycles. The van der Waals surface area contributed by atoms with Crippen LogP contribution < -0.4 is 0 Å². The SMILES string of the molecule is O=C(O)C(=O)CCCN1CCOCC1. The molecule has 0 aliphatic carbocycles. The summed E-state index contributed by atoms with van der Waals surface area (Å²) in [6.07, 6.45) is 0.748. The first kappa shape index (κ1) is 11.1. The third kappa shape index (κ3) is 3.85. The van der Waals surface area contributed by atoms with E-state index in [0.29, 0.717) is 6.42 Å². The van der Waals surface area contributed by atoms with Crippen LogP contribution in [0.4, 0.5) is 0 Å². The van der Waals surface area contributed by atoms with Crippen LogP contribution in [0.5, 0.6) is 0 Å². The first-order valence-electron chi connectivity index (χ1n) is 4.76. The molecule has 80 valence electrons. The maximum Gasteiger partial charge on any atom is 0.372 e. The van der Waals surface area contributed by atoms with Gasteiger partial charge in [0.1, 0.15) is 0 Å². The molecule has 0 bridgehead atoms. The van der Waals surface area contributed by atoms with Gasteiger partial charge in [0.05, 0.1) is 13.2 Å². The molecule has 0 aromatic carbocycles. The summed E-state index contributed by atoms with van der Waals surface area (Å²) in [6.45, 7) is 3.99. The molecule has 1 heterocycles. The van der Waals surface area contributed by atoms with Gasteiger partial charge in [-0.3, -0.25) is 9.69 Å². The van der Waals surface area contributed by atoms with E-state index in [0.717, 1.165) is 32.8 Å². The number of carboxylic acid groups (broad SMARTS) is 1. The number of nitrogens with zero attached hydrogens (tertiary/aromatic N) is 1. The van der Waals surface area contributed by atoms with Crippen molar-refractivity contribution in [3.8, 4) is 0 Å². The molecule has 1 saturated heterocycles. The first-order chi connectivity index (χ1) is 6.70. The van der Waals surface area contributed by atoms with Gasteiger partial charge in [-0.1, -0.05) is 0 Å². The molecule has 0 aromatic rings. The first-order valence-corrected chi connectivity index (χ1v) is 4.76. The van der Waals surface area contributed by atoms with Gasteiger partial charge < -0.3 is 9.84 Å². The second kappa shape index (κ2) is 5.72. The number of aliphatic carboxylic acids is 1. The predicted molar refractivity (Wildman–Crippen MR) is 49.1 cm³/mol. The highest BCUT2D eigenvalue weighted by molar-refractivity contribution is 6.32. The largest absolute Gasteiger partial charge is 0.476 e. The Labute approximate surface area is 82.6 Å². The summed E-state index contributed by atoms with van der Waals surface area (Å²) in [7, 11) is 0. The number of Topliss-reactive ketones (excluding diaryl/α,β-unsaturated/α-hetero) is 1. The smallest absolute Gasteiger partial charge is 0.372 e. The van der Waals surface area contributed by atoms with Crippen LogP contribution >= 0.6 is 0 Å². The van der Waals surface area contributed by atoms with Gasteiger partial charge in [0.25, 0.3) is 0 Å². The van der Waals surface area contributed by atoms with Crippen LogP contribution in [0, 0.1) is 0 Å². The minimum absolute atomic E-state index is 0.132. The molecule has 0 atom stereocenters. The van der Waals surface area contributed by atoms with Gasteiger partial charge in [-0.15, -0.1) is 0 Å². The molecular formula is C9H15NO4. The maximum absolute atomic E-state index is 10.7. The lowest BCUT2D eigenvalue weighted by Gasteiger charge is -2.26. The number of ketones is 1. The second-order valence-corrected chi connectivity index (χ2v) is 3.29. The van der Waals surface area contributed by atoms with E-state index in [2.05, 4.69) is 4.90 Å². The third-order valence-electron chi connectivity index (χ3n) is 2.22. The van der Waals surface area contributed by atoms with Crippen LogP contribution in [-0.2, 0) is 14.3 Å². The van der Waals surface area contributed by atoms with Gasteiger partial charge >= 0.3 is 5.97 Å². The number of carbonyl (C=O) groups excluding carboxylic acids is 1. The van der Waals surface area contributed by atoms with E-state index < -0.39 is 11.8 Å². The Morgan fingerprint density at radius 1 is 1.29 bits per heavy atom. The van der Waals surface area contributed by atoms with E-state index in [-0.39, 0.29) is 6.42 Å². The van der Waals surface area contributed by atoms with Crippen molar-refractivity contribution in [1.29, 1.82) is 0 Å². The van der Waals surface area contributed by atoms with Crippen molar-refractivity contribution in [2.45, 2.75) is 12.8 Å². The Kier molecular flexibility index (Phi) is 4.55. The third-order valence-corrected chi connectivity index (χ3v) is 2.22. The number of ether oxygens (including phenoxy) is 1. The molecular weight excluding hydrogens is 186 g/mol. The summed E-state index contributed by atoms with van der Waals surface area (Å²) < 4.78 is 5.16. The lowest BCUT2D eigenvalue weighted by Crippen LogP contribution is -2.37. The average molecular weight is 201 g/mol. The van der Waals surface area contributed by atoms with Gasteiger partial charge in [-0.05, 0) is 13.0 Å². The van der Waals surface area contributed by atoms with E-state index in [1.54, 1.807) is 0 Å². The molecule has 0 amide bonds. The van der Waals surface area contributed by atoms with Crippen LogP contribution in [0.25, 0.3) is 0 Å². The number of rotatable bonds is 5. The summed E-state index contributed by atoms with van der Waals surface area (Å²) in [4.78, 5) is 23.1. The highest BCUT2D eigenvalue weighted by Crippen LogP contribution is 2.00. The summed E-state index contributed by atoms with van der Waals surface area (Å²) in [6, 6.07) is 0. The van der Waals surface area contributed by atoms with Crippen LogP contribution in [-0.4, -0.2) is 54.6 Å². The van der Waals surface area contributed by atoms with E-state index in [1.807, 2.05) is 0 Å². The Morgan fingerprint density at radius 2 is 1.93 bits per heavy atom. The van der Waals surface area contributed by atoms with Gasteiger partial charge in [0.15, 0.2) is 0 Å². The number of carbonyl (C=O) groups is 2. The Hall–Kier alpha value is -0.940. The summed E-state index contributed by atoms with van der Waals surface area (Å²) >= 11 is 0. The molecule has 14 heavy (non-hydrogen) atoms. The van der Waals surface area contributed by atoms with Crippen molar-refractivity contribution in [2.24, 2.45) is 0 Å². The maximum atomic E-state index is 10.7. The average Bonchev–Trinajstić information content (AvgIpc) is 2.19. The highest BCUT2D eigenvalue weighted by atomic mass is 16.5. The molecule has 1 rings (SSSR count). The number of carboxylic acids is 1. The van der Waals surface area contributed by atoms with Gasteiger partial charge in [0, 0.05) is 19.5 Å². The number of hydrogen-bond acceptors (Lipinski definition) is 4. The van der Waals surface area contributed by atoms with Crippen LogP contribution in [0.2, 0.25) is 0 Å². The molecule has 0 spiro atoms. The molecule has 5 heteroatoms. The summed E-state index contributed by atoms with van der Waals surface area (Å²) in [5.74, 6) is -2.02. The molecule has 1 aliphatic heterocycles. The summed E-state index contributed by atoms with van der Waals surface area (Å²) in [5.41, 5.74) is 0. The Balaban J connectivity index is 2.08. The second-order valence-electron chi connectivity index (χ2n) is 3.29. The molecule has 0 radical (unpaired) electrons. The fourth-order valence-corrected chi connectivity index (χ4v) is 1.39. The monoisotopic (exact) mass is 201 g/mol. The fourth-order valence-electron chi connectivity index (χ4n) is 1.39. The van der Waals surface area contributed by atoms with Gasteiger partial charge in [0.2, 0.25) is 5.78 Å². The van der Waals surface area contributed by atoms with Crippen molar-refractivity contribution in [3.05, 3.63) is 0 Å². The number of hydrogen-bond donors (Lipinski definition) is 1. The topological polar surface area (TPSA) is 66.8 Å². The Morgan fingerprint density at radius 3 is 2.50 bits per heavy atom. The zero-order chi connectivity index (χ0) is 10.4. The van der Waals surface area contributed by atoms with E-state index in [9.17, 15) is 9.59 Å². The van der Waals surface area contributed by atoms with Crippen molar-refractivity contribution in [1.82, 2.24) is 4.90 Å². The van der Waals surface area contributed by atoms with Gasteiger partial charge in [-0.2, -0.15) is 0 Å². The molecule has 1 N–H and O–H groups in total. The van der Waals surface area contributed by atoms with Crippen LogP contribution in [0.3, 0.4) is 0 Å². The molecule has 1 fully saturated rings. The van der Waals surface area contributed by atoms with Gasteiger partial charge in [-0.25, -0.2) is 4.79 Å². The van der Waals surface area contributed by atoms with Crippen LogP contribution in [0.1, 0.15) is 12.8 Å². The fraction of sp³-hybridized carbons (Fsp3) is 0.778. The van der Waals surface area contributed by atoms with E-state index in [1.165, 1.54) is 0 Å². The zero-order valence-electron chi connectivity index (χ0n) is 8.07. The lowest BCUT2D eigenvalue weighted by atomic mass is 10.2. The molecule has 5 nitrogen and oxygen atoms in total. The number of morpholine rings is 1. The molecule has 0 saturated carbocycles. The molecule has 0 unspecified atom stereocenters. The summed E-state index contributed by atoms with van der Waals surface area (Å²) in [5, 5.41) is 8.34. The Bertz CT molecular complexity index is 211. The minimum Gasteiger partial charge on any atom is -0.476 e. The van der Waals surface area contributed by atoms with Crippen molar-refractivity contribution < 1.29 is 19.4 Å². The zero-order valence-corrected chi connectivity index (χ0v) is 8.07. The predicted octanol–water partition coefficient (Wildman–Crippen LogP) is -0.248. The van der Waals surface area contributed by atoms with Crippen LogP contribution in [0.15, 0.2) is 0 Å². The highest BCUT2D eigenvalue weighted by Gasteiger charge is 2.13. The van der Waals surface area contributed by atoms with Crippen molar-refractivity contribution >= 4 is 11.8 Å².